The van der Waals surface area contributed by atoms with E-state index < -0.39 is 34.1 Å². The van der Waals surface area contributed by atoms with E-state index in [1.807, 2.05) is 32.0 Å². The van der Waals surface area contributed by atoms with Crippen molar-refractivity contribution in [1.29, 1.82) is 0 Å². The van der Waals surface area contributed by atoms with Crippen molar-refractivity contribution in [1.82, 2.24) is 0 Å². The van der Waals surface area contributed by atoms with Crippen molar-refractivity contribution in [2.24, 2.45) is 0 Å². The second-order valence-electron chi connectivity index (χ2n) is 6.90. The molecule has 9 heteroatoms. The topological polar surface area (TPSA) is 108 Å². The van der Waals surface area contributed by atoms with Crippen molar-refractivity contribution in [2.75, 3.05) is 30.9 Å². The van der Waals surface area contributed by atoms with E-state index in [4.69, 9.17) is 14.2 Å². The van der Waals surface area contributed by atoms with E-state index in [2.05, 4.69) is 5.32 Å². The summed E-state index contributed by atoms with van der Waals surface area (Å²) >= 11 is 0. The summed E-state index contributed by atoms with van der Waals surface area (Å²) in [6, 6.07) is 9.93. The molecule has 0 aliphatic carbocycles. The molecule has 1 amide bonds. The lowest BCUT2D eigenvalue weighted by atomic mass is 10.1. The third kappa shape index (κ3) is 5.50. The van der Waals surface area contributed by atoms with Gasteiger partial charge in [0.2, 0.25) is 0 Å². The average molecular weight is 433 g/mol. The van der Waals surface area contributed by atoms with Gasteiger partial charge in [-0.1, -0.05) is 12.1 Å². The van der Waals surface area contributed by atoms with Crippen molar-refractivity contribution >= 4 is 27.4 Å². The van der Waals surface area contributed by atoms with Crippen molar-refractivity contribution in [3.05, 3.63) is 47.5 Å². The Morgan fingerprint density at radius 1 is 1.03 bits per heavy atom. The molecule has 2 aromatic rings. The lowest BCUT2D eigenvalue weighted by Gasteiger charge is -2.18. The van der Waals surface area contributed by atoms with Gasteiger partial charge in [0, 0.05) is 11.8 Å². The van der Waals surface area contributed by atoms with Gasteiger partial charge in [0.15, 0.2) is 27.9 Å². The Labute approximate surface area is 175 Å². The van der Waals surface area contributed by atoms with Crippen LogP contribution in [0.1, 0.15) is 17.5 Å². The number of esters is 1. The van der Waals surface area contributed by atoms with Crippen LogP contribution in [0.15, 0.2) is 41.3 Å². The molecule has 1 aliphatic heterocycles. The van der Waals surface area contributed by atoms with Gasteiger partial charge in [0.05, 0.1) is 17.1 Å². The number of ether oxygens (including phenoxy) is 3. The number of fused-ring (bicyclic) bond motifs is 1. The summed E-state index contributed by atoms with van der Waals surface area (Å²) in [4.78, 5) is 24.0. The van der Waals surface area contributed by atoms with E-state index in [0.29, 0.717) is 30.4 Å². The molecule has 1 aliphatic rings. The lowest BCUT2D eigenvalue weighted by molar-refractivity contribution is -0.146. The third-order valence-corrected chi connectivity index (χ3v) is 6.19. The van der Waals surface area contributed by atoms with Gasteiger partial charge in [0.1, 0.15) is 13.2 Å². The van der Waals surface area contributed by atoms with Crippen LogP contribution in [0.2, 0.25) is 0 Å². The fourth-order valence-electron chi connectivity index (χ4n) is 2.83. The molecule has 0 unspecified atom stereocenters. The molecular weight excluding hydrogens is 410 g/mol. The van der Waals surface area contributed by atoms with Crippen LogP contribution in [0.4, 0.5) is 5.69 Å². The Hall–Kier alpha value is -3.07. The molecule has 30 heavy (non-hydrogen) atoms. The number of nitrogens with one attached hydrogen (secondary N) is 1. The fraction of sp³-hybridized carbons (Fsp3) is 0.333. The summed E-state index contributed by atoms with van der Waals surface area (Å²) < 4.78 is 40.6. The number of hydrogen-bond donors (Lipinski definition) is 1. The molecule has 0 saturated heterocycles. The highest BCUT2D eigenvalue weighted by Gasteiger charge is 2.21. The Balaban J connectivity index is 1.50. The van der Waals surface area contributed by atoms with Crippen molar-refractivity contribution < 1.29 is 32.2 Å². The maximum absolute atomic E-state index is 12.5. The fourth-order valence-corrected chi connectivity index (χ4v) is 4.06. The number of aryl methyl sites for hydroxylation is 2. The minimum Gasteiger partial charge on any atom is -0.486 e. The Bertz CT molecular complexity index is 1060. The maximum atomic E-state index is 12.5. The highest BCUT2D eigenvalue weighted by atomic mass is 32.2. The van der Waals surface area contributed by atoms with Gasteiger partial charge in [-0.05, 0) is 43.2 Å². The first kappa shape index (κ1) is 21.6. The van der Waals surface area contributed by atoms with Crippen LogP contribution in [0.25, 0.3) is 0 Å². The van der Waals surface area contributed by atoms with Crippen LogP contribution in [0, 0.1) is 13.8 Å². The normalized spacial score (nSPS) is 12.9. The van der Waals surface area contributed by atoms with E-state index in [9.17, 15) is 18.0 Å². The number of anilines is 1. The standard InChI is InChI=1S/C21H23NO7S/c1-14-3-4-15(2)17(11-14)22-20(23)13-29-21(24)7-10-30(25,26)16-5-6-18-19(12-16)28-9-8-27-18/h3-6,11-12H,7-10,13H2,1-2H3,(H,22,23). The van der Waals surface area contributed by atoms with Gasteiger partial charge in [-0.3, -0.25) is 9.59 Å². The molecule has 0 bridgehead atoms. The number of sulfone groups is 1. The van der Waals surface area contributed by atoms with E-state index in [1.165, 1.54) is 18.2 Å². The quantitative estimate of drug-likeness (QED) is 0.668. The first-order valence-corrected chi connectivity index (χ1v) is 11.0. The predicted molar refractivity (Wildman–Crippen MR) is 110 cm³/mol. The Morgan fingerprint density at radius 3 is 2.53 bits per heavy atom. The summed E-state index contributed by atoms with van der Waals surface area (Å²) in [5.41, 5.74) is 2.50. The summed E-state index contributed by atoms with van der Waals surface area (Å²) in [7, 11) is -3.72. The molecule has 0 aromatic heterocycles. The number of amides is 1. The first-order chi connectivity index (χ1) is 14.2. The second-order valence-corrected chi connectivity index (χ2v) is 9.01. The van der Waals surface area contributed by atoms with Gasteiger partial charge in [-0.25, -0.2) is 8.42 Å². The van der Waals surface area contributed by atoms with Gasteiger partial charge in [0.25, 0.3) is 5.91 Å². The molecule has 1 N–H and O–H groups in total. The highest BCUT2D eigenvalue weighted by Crippen LogP contribution is 2.32. The zero-order valence-electron chi connectivity index (χ0n) is 16.8. The van der Waals surface area contributed by atoms with Crippen LogP contribution in [0.3, 0.4) is 0 Å². The summed E-state index contributed by atoms with van der Waals surface area (Å²) in [5, 5.41) is 2.67. The SMILES string of the molecule is Cc1ccc(C)c(NC(=O)COC(=O)CCS(=O)(=O)c2ccc3c(c2)OCCO3)c1. The van der Waals surface area contributed by atoms with Crippen molar-refractivity contribution in [2.45, 2.75) is 25.2 Å². The summed E-state index contributed by atoms with van der Waals surface area (Å²) in [6.07, 6.45) is -0.368. The van der Waals surface area contributed by atoms with Gasteiger partial charge in [-0.15, -0.1) is 0 Å². The predicted octanol–water partition coefficient (Wildman–Crippen LogP) is 2.42. The summed E-state index contributed by atoms with van der Waals surface area (Å²) in [5.74, 6) is -0.870. The zero-order valence-corrected chi connectivity index (χ0v) is 17.6. The zero-order chi connectivity index (χ0) is 21.7. The van der Waals surface area contributed by atoms with Crippen LogP contribution >= 0.6 is 0 Å². The molecule has 2 aromatic carbocycles. The summed E-state index contributed by atoms with van der Waals surface area (Å²) in [6.45, 7) is 4.01. The van der Waals surface area contributed by atoms with Gasteiger partial charge < -0.3 is 19.5 Å². The van der Waals surface area contributed by atoms with Crippen LogP contribution < -0.4 is 14.8 Å². The maximum Gasteiger partial charge on any atom is 0.307 e. The number of rotatable bonds is 7. The number of carbonyl (C=O) groups is 2. The molecular formula is C21H23NO7S. The highest BCUT2D eigenvalue weighted by molar-refractivity contribution is 7.91. The molecule has 1 heterocycles. The molecule has 0 spiro atoms. The van der Waals surface area contributed by atoms with Gasteiger partial charge >= 0.3 is 5.97 Å². The van der Waals surface area contributed by atoms with Gasteiger partial charge in [-0.2, -0.15) is 0 Å². The van der Waals surface area contributed by atoms with E-state index >= 15 is 0 Å². The molecule has 3 rings (SSSR count). The van der Waals surface area contributed by atoms with Crippen molar-refractivity contribution in [3.8, 4) is 11.5 Å². The molecule has 0 radical (unpaired) electrons. The van der Waals surface area contributed by atoms with E-state index in [1.54, 1.807) is 0 Å². The molecule has 160 valence electrons. The molecule has 8 nitrogen and oxygen atoms in total. The van der Waals surface area contributed by atoms with Crippen LogP contribution in [0.5, 0.6) is 11.5 Å². The number of benzene rings is 2. The number of carbonyl (C=O) groups excluding carboxylic acids is 2. The lowest BCUT2D eigenvalue weighted by Crippen LogP contribution is -2.22. The largest absolute Gasteiger partial charge is 0.486 e. The first-order valence-electron chi connectivity index (χ1n) is 9.40. The minimum atomic E-state index is -3.72. The monoisotopic (exact) mass is 433 g/mol. The molecule has 0 saturated carbocycles. The van der Waals surface area contributed by atoms with E-state index in [-0.39, 0.29) is 11.3 Å². The Kier molecular flexibility index (Phi) is 6.61. The number of hydrogen-bond acceptors (Lipinski definition) is 7. The third-order valence-electron chi connectivity index (χ3n) is 4.48. The molecule has 0 atom stereocenters. The molecule has 0 fully saturated rings. The average Bonchev–Trinajstić information content (AvgIpc) is 2.73. The van der Waals surface area contributed by atoms with Crippen molar-refractivity contribution in [3.63, 3.8) is 0 Å². The van der Waals surface area contributed by atoms with Crippen LogP contribution in [-0.2, 0) is 24.2 Å². The Morgan fingerprint density at radius 2 is 1.77 bits per heavy atom. The van der Waals surface area contributed by atoms with E-state index in [0.717, 1.165) is 11.1 Å². The minimum absolute atomic E-state index is 0.0345. The smallest absolute Gasteiger partial charge is 0.307 e. The van der Waals surface area contributed by atoms with Crippen LogP contribution in [-0.4, -0.2) is 45.9 Å². The second kappa shape index (κ2) is 9.17.